The van der Waals surface area contributed by atoms with Crippen molar-refractivity contribution in [1.29, 1.82) is 0 Å². The summed E-state index contributed by atoms with van der Waals surface area (Å²) >= 11 is 0. The average Bonchev–Trinajstić information content (AvgIpc) is 3.63. The van der Waals surface area contributed by atoms with Crippen LogP contribution in [0.4, 0.5) is 4.79 Å². The van der Waals surface area contributed by atoms with Crippen molar-refractivity contribution in [3.63, 3.8) is 0 Å². The van der Waals surface area contributed by atoms with Gasteiger partial charge in [0.2, 0.25) is 15.9 Å². The van der Waals surface area contributed by atoms with Crippen molar-refractivity contribution in [3.8, 4) is 5.75 Å². The van der Waals surface area contributed by atoms with Gasteiger partial charge in [-0.3, -0.25) is 4.79 Å². The van der Waals surface area contributed by atoms with Gasteiger partial charge < -0.3 is 34.6 Å². The van der Waals surface area contributed by atoms with Crippen molar-refractivity contribution >= 4 is 33.0 Å². The number of aryl methyl sites for hydroxylation is 1. The van der Waals surface area contributed by atoms with E-state index in [9.17, 15) is 28.2 Å². The molecule has 1 fully saturated rings. The molecule has 274 valence electrons. The first-order chi connectivity index (χ1) is 24.4. The van der Waals surface area contributed by atoms with Gasteiger partial charge in [0.05, 0.1) is 41.7 Å². The lowest BCUT2D eigenvalue weighted by Gasteiger charge is -2.30. The Morgan fingerprint density at radius 1 is 1.02 bits per heavy atom. The van der Waals surface area contributed by atoms with Gasteiger partial charge in [-0.25, -0.2) is 22.9 Å². The molecule has 3 aromatic carbocycles. The molecule has 0 spiro atoms. The number of carbonyl (C=O) groups is 2. The SMILES string of the molecule is COc1ccc(S(=O)(=O)NC[C@@H](O)[C@H](Cc2ccccc2)NC(=O)[C@H](CCO)N2CCN(Cc3nc4ccccc4n3C)C2=O)c(CC(C)C)c1. The van der Waals surface area contributed by atoms with Gasteiger partial charge in [-0.1, -0.05) is 56.3 Å². The third-order valence-corrected chi connectivity index (χ3v) is 10.7. The van der Waals surface area contributed by atoms with E-state index in [0.29, 0.717) is 30.1 Å². The number of urea groups is 1. The van der Waals surface area contributed by atoms with E-state index in [4.69, 9.17) is 4.74 Å². The Bertz CT molecular complexity index is 1920. The smallest absolute Gasteiger partial charge is 0.321 e. The number of carbonyl (C=O) groups excluding carboxylic acids is 2. The molecule has 1 saturated heterocycles. The molecule has 0 unspecified atom stereocenters. The molecule has 1 aromatic heterocycles. The minimum Gasteiger partial charge on any atom is -0.497 e. The summed E-state index contributed by atoms with van der Waals surface area (Å²) < 4.78 is 36.9. The van der Waals surface area contributed by atoms with Crippen molar-refractivity contribution in [3.05, 3.63) is 89.7 Å². The minimum absolute atomic E-state index is 0.0193. The Balaban J connectivity index is 1.31. The van der Waals surface area contributed by atoms with Crippen molar-refractivity contribution in [2.24, 2.45) is 13.0 Å². The number of rotatable bonds is 17. The van der Waals surface area contributed by atoms with Crippen LogP contribution in [-0.2, 0) is 41.3 Å². The van der Waals surface area contributed by atoms with E-state index < -0.39 is 34.1 Å². The molecule has 14 heteroatoms. The highest BCUT2D eigenvalue weighted by molar-refractivity contribution is 7.89. The molecule has 1 aliphatic rings. The van der Waals surface area contributed by atoms with Crippen LogP contribution in [0.5, 0.6) is 5.75 Å². The molecule has 1 aliphatic heterocycles. The maximum absolute atomic E-state index is 13.9. The number of aliphatic hydroxyl groups is 2. The molecule has 51 heavy (non-hydrogen) atoms. The molecular formula is C37H48N6O7S. The second-order valence-electron chi connectivity index (χ2n) is 13.3. The lowest BCUT2D eigenvalue weighted by molar-refractivity contribution is -0.127. The van der Waals surface area contributed by atoms with Gasteiger partial charge in [0.25, 0.3) is 0 Å². The van der Waals surface area contributed by atoms with Crippen LogP contribution in [0.25, 0.3) is 11.0 Å². The molecular weight excluding hydrogens is 673 g/mol. The predicted octanol–water partition coefficient (Wildman–Crippen LogP) is 2.84. The first-order valence-corrected chi connectivity index (χ1v) is 18.7. The summed E-state index contributed by atoms with van der Waals surface area (Å²) in [6, 6.07) is 19.4. The first kappa shape index (κ1) is 37.7. The summed E-state index contributed by atoms with van der Waals surface area (Å²) in [4.78, 5) is 35.4. The fourth-order valence-corrected chi connectivity index (χ4v) is 7.77. The predicted molar refractivity (Wildman–Crippen MR) is 194 cm³/mol. The minimum atomic E-state index is -4.06. The van der Waals surface area contributed by atoms with Crippen LogP contribution in [-0.4, -0.2) is 101 Å². The normalized spacial score (nSPS) is 15.4. The Morgan fingerprint density at radius 3 is 2.43 bits per heavy atom. The number of aromatic nitrogens is 2. The molecule has 0 bridgehead atoms. The molecule has 5 rings (SSSR count). The zero-order valence-electron chi connectivity index (χ0n) is 29.5. The van der Waals surface area contributed by atoms with Crippen LogP contribution in [0.2, 0.25) is 0 Å². The average molecular weight is 721 g/mol. The standard InChI is InChI=1S/C37H48N6O7S/c1-25(2)20-27-22-28(50-4)14-15-34(27)51(48,49)38-23-33(45)30(21-26-10-6-5-7-11-26)40-36(46)32(16-19-44)43-18-17-42(37(43)47)24-35-39-29-12-8-9-13-31(29)41(35)3/h5-15,22,25,30,32-33,38,44-45H,16-21,23-24H2,1-4H3,(H,40,46)/t30-,32-,33+/m0/s1. The number of methoxy groups -OCH3 is 1. The largest absolute Gasteiger partial charge is 0.497 e. The Morgan fingerprint density at radius 2 is 1.75 bits per heavy atom. The van der Waals surface area contributed by atoms with E-state index in [2.05, 4.69) is 15.0 Å². The maximum Gasteiger partial charge on any atom is 0.321 e. The molecule has 4 N–H and O–H groups in total. The summed E-state index contributed by atoms with van der Waals surface area (Å²) in [7, 11) is -0.647. The maximum atomic E-state index is 13.9. The Hall–Kier alpha value is -4.50. The highest BCUT2D eigenvalue weighted by atomic mass is 32.2. The van der Waals surface area contributed by atoms with Gasteiger partial charge in [0, 0.05) is 33.3 Å². The van der Waals surface area contributed by atoms with Gasteiger partial charge in [-0.15, -0.1) is 0 Å². The molecule has 13 nitrogen and oxygen atoms in total. The van der Waals surface area contributed by atoms with Gasteiger partial charge in [-0.05, 0) is 66.6 Å². The number of hydrogen-bond donors (Lipinski definition) is 4. The van der Waals surface area contributed by atoms with Gasteiger partial charge in [0.15, 0.2) is 0 Å². The number of imidazole rings is 1. The fraction of sp³-hybridized carbons (Fsp3) is 0.432. The zero-order valence-corrected chi connectivity index (χ0v) is 30.3. The Labute approximate surface area is 299 Å². The summed E-state index contributed by atoms with van der Waals surface area (Å²) in [5.41, 5.74) is 3.16. The molecule has 4 aromatic rings. The van der Waals surface area contributed by atoms with Crippen LogP contribution in [0.1, 0.15) is 37.2 Å². The molecule has 0 radical (unpaired) electrons. The quantitative estimate of drug-likeness (QED) is 0.129. The number of aliphatic hydroxyl groups excluding tert-OH is 2. The lowest BCUT2D eigenvalue weighted by atomic mass is 10.0. The number of sulfonamides is 1. The van der Waals surface area contributed by atoms with Gasteiger partial charge >= 0.3 is 6.03 Å². The van der Waals surface area contributed by atoms with Crippen molar-refractivity contribution in [2.45, 2.75) is 62.7 Å². The van der Waals surface area contributed by atoms with Crippen LogP contribution in [0, 0.1) is 5.92 Å². The number of nitrogens with zero attached hydrogens (tertiary/aromatic N) is 4. The number of benzene rings is 3. The first-order valence-electron chi connectivity index (χ1n) is 17.2. The third kappa shape index (κ3) is 9.06. The van der Waals surface area contributed by atoms with Crippen LogP contribution in [0.15, 0.2) is 77.7 Å². The molecule has 0 aliphatic carbocycles. The monoisotopic (exact) mass is 720 g/mol. The van der Waals surface area contributed by atoms with Crippen molar-refractivity contribution in [1.82, 2.24) is 29.4 Å². The summed E-state index contributed by atoms with van der Waals surface area (Å²) in [6.45, 7) is 4.11. The van der Waals surface area contributed by atoms with E-state index in [-0.39, 0.29) is 55.9 Å². The van der Waals surface area contributed by atoms with E-state index in [1.807, 2.05) is 80.1 Å². The van der Waals surface area contributed by atoms with Gasteiger partial charge in [0.1, 0.15) is 17.6 Å². The van der Waals surface area contributed by atoms with Gasteiger partial charge in [-0.2, -0.15) is 0 Å². The van der Waals surface area contributed by atoms with Crippen LogP contribution in [0.3, 0.4) is 0 Å². The molecule has 3 amide bonds. The Kier molecular flexibility index (Phi) is 12.3. The van der Waals surface area contributed by atoms with Crippen LogP contribution < -0.4 is 14.8 Å². The second kappa shape index (κ2) is 16.7. The number of fused-ring (bicyclic) bond motifs is 1. The number of ether oxygens (including phenoxy) is 1. The van der Waals surface area contributed by atoms with E-state index in [1.54, 1.807) is 17.0 Å². The molecule has 0 saturated carbocycles. The number of hydrogen-bond acceptors (Lipinski definition) is 8. The number of amides is 3. The van der Waals surface area contributed by atoms with Crippen LogP contribution >= 0.6 is 0 Å². The van der Waals surface area contributed by atoms with Crippen molar-refractivity contribution in [2.75, 3.05) is 33.4 Å². The van der Waals surface area contributed by atoms with Crippen molar-refractivity contribution < 1.29 is 33.0 Å². The molecule has 2 heterocycles. The highest BCUT2D eigenvalue weighted by Gasteiger charge is 2.39. The number of para-hydroxylation sites is 2. The summed E-state index contributed by atoms with van der Waals surface area (Å²) in [5, 5.41) is 24.3. The summed E-state index contributed by atoms with van der Waals surface area (Å²) in [5.74, 6) is 0.865. The highest BCUT2D eigenvalue weighted by Crippen LogP contribution is 2.25. The lowest BCUT2D eigenvalue weighted by Crippen LogP contribution is -2.55. The second-order valence-corrected chi connectivity index (χ2v) is 15.0. The molecule has 3 atom stereocenters. The van der Waals surface area contributed by atoms with E-state index >= 15 is 0 Å². The third-order valence-electron chi connectivity index (χ3n) is 9.18. The zero-order chi connectivity index (χ0) is 36.7. The number of nitrogens with one attached hydrogen (secondary N) is 2. The summed E-state index contributed by atoms with van der Waals surface area (Å²) in [6.07, 6.45) is -0.669. The fourth-order valence-electron chi connectivity index (χ4n) is 6.49. The topological polar surface area (TPSA) is 166 Å². The van der Waals surface area contributed by atoms with E-state index in [1.165, 1.54) is 18.1 Å². The van der Waals surface area contributed by atoms with E-state index in [0.717, 1.165) is 16.6 Å².